The van der Waals surface area contributed by atoms with Gasteiger partial charge >= 0.3 is 0 Å². The Balaban J connectivity index is 0.000000478. The quantitative estimate of drug-likeness (QED) is 0.771. The minimum absolute atomic E-state index is 0.441. The Kier molecular flexibility index (Phi) is 2.67. The van der Waals surface area contributed by atoms with E-state index >= 15 is 0 Å². The summed E-state index contributed by atoms with van der Waals surface area (Å²) in [5.74, 6) is 0. The molecule has 3 nitrogen and oxygen atoms in total. The molecule has 1 aliphatic carbocycles. The molecule has 0 atom stereocenters. The summed E-state index contributed by atoms with van der Waals surface area (Å²) in [5, 5.41) is 4.92. The Labute approximate surface area is 108 Å². The van der Waals surface area contributed by atoms with Crippen LogP contribution in [0.2, 0.25) is 0 Å². The zero-order chi connectivity index (χ0) is 12.8. The van der Waals surface area contributed by atoms with Crippen molar-refractivity contribution in [1.29, 1.82) is 0 Å². The molecule has 1 fully saturated rings. The van der Waals surface area contributed by atoms with Gasteiger partial charge in [-0.05, 0) is 30.5 Å². The molecule has 96 valence electrons. The normalized spacial score (nSPS) is 19.3. The van der Waals surface area contributed by atoms with Gasteiger partial charge < -0.3 is 9.88 Å². The van der Waals surface area contributed by atoms with E-state index < -0.39 is 0 Å². The molecule has 4 rings (SSSR count). The van der Waals surface area contributed by atoms with Gasteiger partial charge in [0.15, 0.2) is 0 Å². The second kappa shape index (κ2) is 4.09. The fourth-order valence-corrected chi connectivity index (χ4v) is 3.20. The molecular formula is C15H21N3. The smallest absolute Gasteiger partial charge is 0.140 e. The van der Waals surface area contributed by atoms with Gasteiger partial charge in [-0.3, -0.25) is 0 Å². The molecule has 2 aromatic rings. The maximum Gasteiger partial charge on any atom is 0.140 e. The molecule has 2 aliphatic rings. The topological polar surface area (TPSA) is 29.9 Å². The zero-order valence-corrected chi connectivity index (χ0v) is 11.5. The lowest BCUT2D eigenvalue weighted by Crippen LogP contribution is -2.33. The molecule has 0 saturated heterocycles. The summed E-state index contributed by atoms with van der Waals surface area (Å²) in [6, 6.07) is 4.29. The van der Waals surface area contributed by atoms with Crippen LogP contribution in [0.5, 0.6) is 0 Å². The molecule has 2 aromatic heterocycles. The van der Waals surface area contributed by atoms with Crippen LogP contribution in [0, 0.1) is 0 Å². The first-order valence-corrected chi connectivity index (χ1v) is 6.95. The highest BCUT2D eigenvalue weighted by Crippen LogP contribution is 2.53. The predicted octanol–water partition coefficient (Wildman–Crippen LogP) is 2.73. The van der Waals surface area contributed by atoms with Crippen molar-refractivity contribution in [3.63, 3.8) is 0 Å². The molecule has 0 aromatic carbocycles. The number of nitrogens with zero attached hydrogens (tertiary/aromatic N) is 2. The van der Waals surface area contributed by atoms with E-state index in [9.17, 15) is 0 Å². The van der Waals surface area contributed by atoms with Gasteiger partial charge in [0.1, 0.15) is 5.65 Å². The molecule has 0 unspecified atom stereocenters. The maximum absolute atomic E-state index is 4.51. The van der Waals surface area contributed by atoms with E-state index in [0.29, 0.717) is 5.41 Å². The molecule has 1 aliphatic heterocycles. The van der Waals surface area contributed by atoms with E-state index in [0.717, 1.165) is 18.7 Å². The lowest BCUT2D eigenvalue weighted by molar-refractivity contribution is 0.518. The Bertz CT molecular complexity index is 579. The van der Waals surface area contributed by atoms with Crippen molar-refractivity contribution in [3.8, 4) is 0 Å². The third kappa shape index (κ3) is 1.43. The van der Waals surface area contributed by atoms with Gasteiger partial charge in [-0.25, -0.2) is 4.98 Å². The average Bonchev–Trinajstić information content (AvgIpc) is 3.13. The zero-order valence-electron chi connectivity index (χ0n) is 11.5. The van der Waals surface area contributed by atoms with Crippen molar-refractivity contribution >= 4 is 11.0 Å². The van der Waals surface area contributed by atoms with Crippen LogP contribution < -0.4 is 5.32 Å². The number of nitrogens with one attached hydrogen (secondary N) is 1. The molecule has 1 N–H and O–H groups in total. The van der Waals surface area contributed by atoms with Crippen molar-refractivity contribution in [2.75, 3.05) is 6.54 Å². The van der Waals surface area contributed by atoms with Crippen molar-refractivity contribution < 1.29 is 0 Å². The van der Waals surface area contributed by atoms with E-state index in [4.69, 9.17) is 0 Å². The maximum atomic E-state index is 4.51. The summed E-state index contributed by atoms with van der Waals surface area (Å²) >= 11 is 0. The highest BCUT2D eigenvalue weighted by molar-refractivity contribution is 5.84. The fraction of sp³-hybridized carbons (Fsp3) is 0.533. The summed E-state index contributed by atoms with van der Waals surface area (Å²) in [5.41, 5.74) is 4.60. The van der Waals surface area contributed by atoms with Gasteiger partial charge in [0.05, 0.1) is 0 Å². The number of hydrogen-bond donors (Lipinski definition) is 1. The molecule has 1 spiro atoms. The van der Waals surface area contributed by atoms with Crippen LogP contribution in [0.3, 0.4) is 0 Å². The van der Waals surface area contributed by atoms with Crippen LogP contribution in [-0.4, -0.2) is 16.1 Å². The summed E-state index contributed by atoms with van der Waals surface area (Å²) in [6.45, 7) is 6.14. The Morgan fingerprint density at radius 2 is 2.11 bits per heavy atom. The van der Waals surface area contributed by atoms with Gasteiger partial charge in [-0.1, -0.05) is 13.8 Å². The second-order valence-corrected chi connectivity index (χ2v) is 5.14. The minimum atomic E-state index is 0.441. The first-order chi connectivity index (χ1) is 8.82. The molecule has 0 amide bonds. The van der Waals surface area contributed by atoms with Crippen LogP contribution >= 0.6 is 0 Å². The number of rotatable bonds is 0. The molecule has 3 heteroatoms. The van der Waals surface area contributed by atoms with Gasteiger partial charge in [0.25, 0.3) is 0 Å². The van der Waals surface area contributed by atoms with E-state index in [-0.39, 0.29) is 0 Å². The van der Waals surface area contributed by atoms with Crippen LogP contribution in [0.4, 0.5) is 0 Å². The second-order valence-electron chi connectivity index (χ2n) is 5.14. The number of pyridine rings is 1. The van der Waals surface area contributed by atoms with Crippen molar-refractivity contribution in [2.45, 2.75) is 38.6 Å². The summed E-state index contributed by atoms with van der Waals surface area (Å²) in [6.07, 6.45) is 4.56. The number of aryl methyl sites for hydroxylation is 1. The third-order valence-corrected chi connectivity index (χ3v) is 4.21. The largest absolute Gasteiger partial charge is 0.331 e. The van der Waals surface area contributed by atoms with E-state index in [1.165, 1.54) is 23.9 Å². The monoisotopic (exact) mass is 243 g/mol. The molecule has 0 radical (unpaired) electrons. The first-order valence-electron chi connectivity index (χ1n) is 6.95. The fourth-order valence-electron chi connectivity index (χ4n) is 3.20. The van der Waals surface area contributed by atoms with Crippen LogP contribution in [0.1, 0.15) is 37.9 Å². The third-order valence-electron chi connectivity index (χ3n) is 4.21. The number of fused-ring (bicyclic) bond motifs is 4. The lowest BCUT2D eigenvalue weighted by Gasteiger charge is -2.24. The molecule has 1 saturated carbocycles. The molecule has 18 heavy (non-hydrogen) atoms. The average molecular weight is 243 g/mol. The SMILES string of the molecule is CC.Cn1c2c(c3cccnc31)C1(CC1)CNC2. The van der Waals surface area contributed by atoms with Crippen molar-refractivity contribution in [2.24, 2.45) is 7.05 Å². The highest BCUT2D eigenvalue weighted by Gasteiger charge is 2.49. The van der Waals surface area contributed by atoms with Crippen LogP contribution in [-0.2, 0) is 19.0 Å². The van der Waals surface area contributed by atoms with Crippen molar-refractivity contribution in [3.05, 3.63) is 29.6 Å². The van der Waals surface area contributed by atoms with Gasteiger partial charge in [-0.2, -0.15) is 0 Å². The number of hydrogen-bond acceptors (Lipinski definition) is 2. The van der Waals surface area contributed by atoms with E-state index in [1.807, 2.05) is 20.0 Å². The summed E-state index contributed by atoms with van der Waals surface area (Å²) in [4.78, 5) is 4.51. The van der Waals surface area contributed by atoms with Gasteiger partial charge in [0.2, 0.25) is 0 Å². The molecule has 0 bridgehead atoms. The number of aromatic nitrogens is 2. The molecule has 3 heterocycles. The standard InChI is InChI=1S/C13H15N3.C2H6/c1-16-10-7-14-8-13(4-5-13)11(10)9-3-2-6-15-12(9)16;1-2/h2-3,6,14H,4-5,7-8H2,1H3;1-2H3. The molecular weight excluding hydrogens is 222 g/mol. The van der Waals surface area contributed by atoms with Crippen LogP contribution in [0.25, 0.3) is 11.0 Å². The van der Waals surface area contributed by atoms with E-state index in [2.05, 4.69) is 34.0 Å². The Hall–Kier alpha value is -1.35. The predicted molar refractivity (Wildman–Crippen MR) is 74.7 cm³/mol. The van der Waals surface area contributed by atoms with E-state index in [1.54, 1.807) is 5.56 Å². The highest BCUT2D eigenvalue weighted by atomic mass is 15.1. The lowest BCUT2D eigenvalue weighted by atomic mass is 9.90. The van der Waals surface area contributed by atoms with Crippen molar-refractivity contribution in [1.82, 2.24) is 14.9 Å². The van der Waals surface area contributed by atoms with Gasteiger partial charge in [0, 0.05) is 42.8 Å². The minimum Gasteiger partial charge on any atom is -0.331 e. The van der Waals surface area contributed by atoms with Gasteiger partial charge in [-0.15, -0.1) is 0 Å². The van der Waals surface area contributed by atoms with Crippen LogP contribution in [0.15, 0.2) is 18.3 Å². The Morgan fingerprint density at radius 3 is 2.83 bits per heavy atom. The summed E-state index contributed by atoms with van der Waals surface area (Å²) in [7, 11) is 2.14. The summed E-state index contributed by atoms with van der Waals surface area (Å²) < 4.78 is 2.26. The first kappa shape index (κ1) is 11.7. The Morgan fingerprint density at radius 1 is 1.33 bits per heavy atom.